The molecular weight excluding hydrogens is 635 g/mol. The average Bonchev–Trinajstić information content (AvgIpc) is 3.44. The number of nitrogens with zero attached hydrogens (tertiary/aromatic N) is 1. The number of piperidine rings is 1. The average molecular weight is 671 g/mol. The first-order valence-electron chi connectivity index (χ1n) is 15.3. The summed E-state index contributed by atoms with van der Waals surface area (Å²) in [6.07, 6.45) is -7.66. The number of likely N-dealkylation sites (tertiary alicyclic amines) is 1. The van der Waals surface area contributed by atoms with Gasteiger partial charge in [-0.2, -0.15) is 0 Å². The molecule has 1 N–H and O–H groups in total. The molecule has 4 heterocycles. The maximum Gasteiger partial charge on any atom is 0.586 e. The van der Waals surface area contributed by atoms with E-state index in [1.54, 1.807) is 27.7 Å². The summed E-state index contributed by atoms with van der Waals surface area (Å²) in [6, 6.07) is 5.60. The van der Waals surface area contributed by atoms with Crippen LogP contribution in [0.4, 0.5) is 22.0 Å². The number of rotatable bonds is 6. The fourth-order valence-corrected chi connectivity index (χ4v) is 6.47. The molecule has 6 rings (SSSR count). The van der Waals surface area contributed by atoms with E-state index >= 15 is 0 Å². The number of carbonyl (C=O) groups excluding carboxylic acids is 2. The van der Waals surface area contributed by atoms with Crippen LogP contribution in [0.5, 0.6) is 28.7 Å². The second-order valence-electron chi connectivity index (χ2n) is 13.4. The molecule has 0 saturated carbocycles. The number of esters is 1. The summed E-state index contributed by atoms with van der Waals surface area (Å²) in [5.41, 5.74) is -1.14. The molecule has 256 valence electrons. The van der Waals surface area contributed by atoms with Crippen LogP contribution >= 0.6 is 0 Å². The zero-order chi connectivity index (χ0) is 33.9. The van der Waals surface area contributed by atoms with Gasteiger partial charge in [-0.05, 0) is 77.7 Å². The molecular formula is C32H35F5N2O8. The highest BCUT2D eigenvalue weighted by molar-refractivity contribution is 5.90. The van der Waals surface area contributed by atoms with Gasteiger partial charge in [-0.3, -0.25) is 14.5 Å². The van der Waals surface area contributed by atoms with E-state index in [0.717, 1.165) is 12.1 Å². The topological polar surface area (TPSA) is 105 Å². The molecule has 10 nitrogen and oxygen atoms in total. The number of fused-ring (bicyclic) bond motifs is 3. The van der Waals surface area contributed by atoms with Crippen molar-refractivity contribution >= 4 is 11.9 Å². The Kier molecular flexibility index (Phi) is 8.12. The van der Waals surface area contributed by atoms with Gasteiger partial charge in [0.2, 0.25) is 5.91 Å². The van der Waals surface area contributed by atoms with E-state index in [2.05, 4.69) is 19.5 Å². The van der Waals surface area contributed by atoms with Crippen molar-refractivity contribution in [2.24, 2.45) is 5.92 Å². The van der Waals surface area contributed by atoms with Crippen molar-refractivity contribution < 1.29 is 60.0 Å². The Balaban J connectivity index is 1.20. The molecule has 47 heavy (non-hydrogen) atoms. The van der Waals surface area contributed by atoms with Crippen LogP contribution in [0.1, 0.15) is 64.1 Å². The Labute approximate surface area is 267 Å². The van der Waals surface area contributed by atoms with Gasteiger partial charge in [0.25, 0.3) is 0 Å². The minimum atomic E-state index is -4.92. The molecule has 0 radical (unpaired) electrons. The van der Waals surface area contributed by atoms with Gasteiger partial charge >= 0.3 is 18.6 Å². The maximum absolute atomic E-state index is 13.9. The first kappa shape index (κ1) is 32.9. The van der Waals surface area contributed by atoms with Crippen LogP contribution in [-0.2, 0) is 19.7 Å². The number of hydrogen-bond acceptors (Lipinski definition) is 9. The molecule has 4 aliphatic heterocycles. The Morgan fingerprint density at radius 1 is 1.00 bits per heavy atom. The summed E-state index contributed by atoms with van der Waals surface area (Å²) in [5.74, 6) is -1.42. The highest BCUT2D eigenvalue weighted by atomic mass is 19.4. The molecule has 1 saturated heterocycles. The molecule has 0 aromatic heterocycles. The second kappa shape index (κ2) is 11.6. The molecule has 0 spiro atoms. The number of alkyl halides is 5. The van der Waals surface area contributed by atoms with E-state index in [-0.39, 0.29) is 48.0 Å². The first-order valence-corrected chi connectivity index (χ1v) is 15.3. The van der Waals surface area contributed by atoms with E-state index in [0.29, 0.717) is 43.5 Å². The van der Waals surface area contributed by atoms with E-state index in [1.807, 2.05) is 4.90 Å². The number of hydrogen-bond donors (Lipinski definition) is 1. The lowest BCUT2D eigenvalue weighted by Crippen LogP contribution is -2.48. The minimum Gasteiger partial charge on any atom is -0.492 e. The van der Waals surface area contributed by atoms with E-state index in [1.165, 1.54) is 18.2 Å². The molecule has 1 fully saturated rings. The largest absolute Gasteiger partial charge is 0.586 e. The van der Waals surface area contributed by atoms with Crippen molar-refractivity contribution in [1.82, 2.24) is 10.2 Å². The highest BCUT2D eigenvalue weighted by Gasteiger charge is 2.50. The van der Waals surface area contributed by atoms with Crippen LogP contribution in [0.2, 0.25) is 0 Å². The van der Waals surface area contributed by atoms with Gasteiger partial charge in [-0.1, -0.05) is 0 Å². The van der Waals surface area contributed by atoms with Crippen molar-refractivity contribution in [3.63, 3.8) is 0 Å². The second-order valence-corrected chi connectivity index (χ2v) is 13.4. The zero-order valence-electron chi connectivity index (χ0n) is 26.2. The highest BCUT2D eigenvalue weighted by Crippen LogP contribution is 2.50. The van der Waals surface area contributed by atoms with Crippen molar-refractivity contribution in [3.05, 3.63) is 41.5 Å². The third kappa shape index (κ3) is 7.14. The molecule has 0 aliphatic carbocycles. The smallest absolute Gasteiger partial charge is 0.492 e. The predicted molar refractivity (Wildman–Crippen MR) is 154 cm³/mol. The number of halogens is 5. The monoisotopic (exact) mass is 670 g/mol. The van der Waals surface area contributed by atoms with Crippen LogP contribution in [-0.4, -0.2) is 67.4 Å². The van der Waals surface area contributed by atoms with Crippen LogP contribution < -0.4 is 29.0 Å². The summed E-state index contributed by atoms with van der Waals surface area (Å²) < 4.78 is 97.1. The fraction of sp³-hybridized carbons (Fsp3) is 0.562. The third-order valence-electron chi connectivity index (χ3n) is 8.69. The number of ether oxygens (including phenoxy) is 6. The van der Waals surface area contributed by atoms with Gasteiger partial charge in [0.15, 0.2) is 11.5 Å². The van der Waals surface area contributed by atoms with Gasteiger partial charge in [-0.25, -0.2) is 0 Å². The summed E-state index contributed by atoms with van der Waals surface area (Å²) in [6.45, 7) is 8.18. The molecule has 0 unspecified atom stereocenters. The SMILES string of the molecule is CC(C)(C)OC(=O)CN1CCC([C@H]2C[C@@H](NC(=O)[C@@]3(C)COc4cc5c(cc43)OC(F)(F)O5)c3ccc(OC(F)(F)F)cc3O2)CC1. The van der Waals surface area contributed by atoms with Gasteiger partial charge in [0.05, 0.1) is 12.6 Å². The quantitative estimate of drug-likeness (QED) is 0.310. The van der Waals surface area contributed by atoms with Crippen LogP contribution in [0.25, 0.3) is 0 Å². The van der Waals surface area contributed by atoms with Crippen LogP contribution in [0, 0.1) is 5.92 Å². The molecule has 15 heteroatoms. The summed E-state index contributed by atoms with van der Waals surface area (Å²) in [7, 11) is 0. The van der Waals surface area contributed by atoms with Crippen molar-refractivity contribution in [3.8, 4) is 28.7 Å². The maximum atomic E-state index is 13.9. The van der Waals surface area contributed by atoms with Gasteiger partial charge in [0.1, 0.15) is 41.0 Å². The molecule has 2 aromatic rings. The van der Waals surface area contributed by atoms with E-state index in [9.17, 15) is 31.5 Å². The Bertz CT molecular complexity index is 1550. The molecule has 3 atom stereocenters. The lowest BCUT2D eigenvalue weighted by molar-refractivity contribution is -0.286. The molecule has 2 aromatic carbocycles. The van der Waals surface area contributed by atoms with Crippen LogP contribution in [0.15, 0.2) is 30.3 Å². The first-order chi connectivity index (χ1) is 21.9. The van der Waals surface area contributed by atoms with E-state index < -0.39 is 47.5 Å². The van der Waals surface area contributed by atoms with Crippen LogP contribution in [0.3, 0.4) is 0 Å². The molecule has 1 amide bonds. The minimum absolute atomic E-state index is 0.0304. The summed E-state index contributed by atoms with van der Waals surface area (Å²) in [5, 5.41) is 3.02. The lowest BCUT2D eigenvalue weighted by Gasteiger charge is -2.41. The predicted octanol–water partition coefficient (Wildman–Crippen LogP) is 5.62. The van der Waals surface area contributed by atoms with Gasteiger partial charge in [0, 0.05) is 29.7 Å². The number of carbonyl (C=O) groups is 2. The Morgan fingerprint density at radius 3 is 2.34 bits per heavy atom. The lowest BCUT2D eigenvalue weighted by atomic mass is 9.81. The van der Waals surface area contributed by atoms with Gasteiger partial charge in [-0.15, -0.1) is 22.0 Å². The Morgan fingerprint density at radius 2 is 1.68 bits per heavy atom. The molecule has 0 bridgehead atoms. The van der Waals surface area contributed by atoms with Crippen molar-refractivity contribution in [1.29, 1.82) is 0 Å². The molecule has 4 aliphatic rings. The normalized spacial score (nSPS) is 25.2. The summed E-state index contributed by atoms with van der Waals surface area (Å²) >= 11 is 0. The zero-order valence-corrected chi connectivity index (χ0v) is 26.2. The van der Waals surface area contributed by atoms with Gasteiger partial charge < -0.3 is 33.7 Å². The standard InChI is InChI=1S/C32H35F5N2O8/c1-29(2,3)47-27(40)15-39-9-7-17(8-10-39)22-13-21(19-6-5-18(11-23(19)43-22)44-31(33,34)35)38-28(41)30(4)16-42-24-14-26-25(12-20(24)30)45-32(36,37)46-26/h5-6,11-12,14,17,21-22H,7-10,13,15-16H2,1-4H3,(H,38,41)/t21-,22-,30+/m1/s1. The van der Waals surface area contributed by atoms with Crippen molar-refractivity contribution in [2.75, 3.05) is 26.2 Å². The third-order valence-corrected chi connectivity index (χ3v) is 8.69. The number of amides is 1. The number of benzene rings is 2. The number of nitrogens with one attached hydrogen (secondary N) is 1. The van der Waals surface area contributed by atoms with E-state index in [4.69, 9.17) is 14.2 Å². The van der Waals surface area contributed by atoms with Crippen molar-refractivity contribution in [2.45, 2.75) is 82.8 Å². The summed E-state index contributed by atoms with van der Waals surface area (Å²) in [4.78, 5) is 28.3. The Hall–Kier alpha value is -4.01. The fourth-order valence-electron chi connectivity index (χ4n) is 6.47.